The van der Waals surface area contributed by atoms with Crippen molar-refractivity contribution in [3.63, 3.8) is 0 Å². The Hall–Kier alpha value is -1.05. The van der Waals surface area contributed by atoms with Crippen LogP contribution in [0, 0.1) is 5.41 Å². The molecule has 2 nitrogen and oxygen atoms in total. The summed E-state index contributed by atoms with van der Waals surface area (Å²) in [5.41, 5.74) is 0.815. The molecule has 0 saturated heterocycles. The molecule has 1 aliphatic rings. The number of fused-ring (bicyclic) bond motifs is 1. The predicted octanol–water partition coefficient (Wildman–Crippen LogP) is 2.04. The highest BCUT2D eigenvalue weighted by Gasteiger charge is 2.39. The van der Waals surface area contributed by atoms with E-state index in [0.717, 1.165) is 12.0 Å². The zero-order valence-corrected chi connectivity index (χ0v) is 6.68. The lowest BCUT2D eigenvalue weighted by molar-refractivity contribution is 0.0838. The van der Waals surface area contributed by atoms with Crippen molar-refractivity contribution in [2.24, 2.45) is 5.41 Å². The largest absolute Gasteiger partial charge is 0.461 e. The van der Waals surface area contributed by atoms with Crippen molar-refractivity contribution in [3.05, 3.63) is 23.7 Å². The first-order valence-corrected chi connectivity index (χ1v) is 3.72. The summed E-state index contributed by atoms with van der Waals surface area (Å²) < 4.78 is 5.07. The van der Waals surface area contributed by atoms with Crippen LogP contribution in [0.4, 0.5) is 0 Å². The minimum atomic E-state index is -0.241. The quantitative estimate of drug-likeness (QED) is 0.566. The number of hydrogen-bond acceptors (Lipinski definition) is 2. The highest BCUT2D eigenvalue weighted by Crippen LogP contribution is 2.36. The van der Waals surface area contributed by atoms with Crippen molar-refractivity contribution in [2.45, 2.75) is 20.3 Å². The minimum Gasteiger partial charge on any atom is -0.461 e. The van der Waals surface area contributed by atoms with Crippen LogP contribution >= 0.6 is 0 Å². The summed E-state index contributed by atoms with van der Waals surface area (Å²) in [6.07, 6.45) is 2.40. The van der Waals surface area contributed by atoms with Crippen LogP contribution in [0.1, 0.15) is 30.0 Å². The third kappa shape index (κ3) is 0.754. The molecule has 2 rings (SSSR count). The number of Topliss-reactive ketones (excluding diaryl/α,β-unsaturated/α-hetero) is 1. The maximum Gasteiger partial charge on any atom is 0.204 e. The molecule has 0 spiro atoms. The van der Waals surface area contributed by atoms with Gasteiger partial charge in [0.2, 0.25) is 5.78 Å². The normalized spacial score (nSPS) is 20.4. The summed E-state index contributed by atoms with van der Waals surface area (Å²) in [6, 6.07) is 1.88. The second-order valence-corrected chi connectivity index (χ2v) is 3.66. The zero-order valence-electron chi connectivity index (χ0n) is 6.68. The van der Waals surface area contributed by atoms with Crippen LogP contribution < -0.4 is 0 Å². The molecular weight excluding hydrogens is 140 g/mol. The van der Waals surface area contributed by atoms with Crippen molar-refractivity contribution >= 4 is 5.78 Å². The monoisotopic (exact) mass is 150 g/mol. The van der Waals surface area contributed by atoms with Gasteiger partial charge in [0, 0.05) is 11.0 Å². The van der Waals surface area contributed by atoms with Crippen molar-refractivity contribution < 1.29 is 9.21 Å². The van der Waals surface area contributed by atoms with Gasteiger partial charge in [0.05, 0.1) is 6.26 Å². The molecule has 0 N–H and O–H groups in total. The Kier molecular flexibility index (Phi) is 1.06. The number of rotatable bonds is 0. The molecule has 0 radical (unpaired) electrons. The molecule has 1 aromatic heterocycles. The maximum absolute atomic E-state index is 11.5. The van der Waals surface area contributed by atoms with Gasteiger partial charge in [-0.3, -0.25) is 4.79 Å². The molecule has 0 bridgehead atoms. The fourth-order valence-corrected chi connectivity index (χ4v) is 1.54. The van der Waals surface area contributed by atoms with Gasteiger partial charge in [-0.2, -0.15) is 0 Å². The van der Waals surface area contributed by atoms with Crippen LogP contribution in [0.2, 0.25) is 0 Å². The number of carbonyl (C=O) groups is 1. The Bertz CT molecular complexity index is 307. The standard InChI is InChI=1S/C9H10O2/c1-9(2)5-6-3-4-11-7(6)8(9)10/h3-4H,5H2,1-2H3. The summed E-state index contributed by atoms with van der Waals surface area (Å²) in [4.78, 5) is 11.5. The third-order valence-electron chi connectivity index (χ3n) is 2.20. The summed E-state index contributed by atoms with van der Waals surface area (Å²) in [6.45, 7) is 3.90. The lowest BCUT2D eigenvalue weighted by Gasteiger charge is -2.12. The van der Waals surface area contributed by atoms with E-state index in [1.807, 2.05) is 19.9 Å². The van der Waals surface area contributed by atoms with Gasteiger partial charge in [-0.25, -0.2) is 0 Å². The van der Waals surface area contributed by atoms with Gasteiger partial charge < -0.3 is 4.42 Å². The molecule has 2 heteroatoms. The fourth-order valence-electron chi connectivity index (χ4n) is 1.54. The molecule has 0 saturated carbocycles. The number of furan rings is 1. The Morgan fingerprint density at radius 3 is 2.91 bits per heavy atom. The van der Waals surface area contributed by atoms with Crippen LogP contribution in [0.15, 0.2) is 16.7 Å². The van der Waals surface area contributed by atoms with Gasteiger partial charge >= 0.3 is 0 Å². The smallest absolute Gasteiger partial charge is 0.204 e. The van der Waals surface area contributed by atoms with Gasteiger partial charge in [-0.15, -0.1) is 0 Å². The van der Waals surface area contributed by atoms with Crippen molar-refractivity contribution in [2.75, 3.05) is 0 Å². The van der Waals surface area contributed by atoms with E-state index in [4.69, 9.17) is 4.42 Å². The highest BCUT2D eigenvalue weighted by molar-refractivity contribution is 6.02. The number of carbonyl (C=O) groups excluding carboxylic acids is 1. The molecule has 0 amide bonds. The molecule has 0 aliphatic heterocycles. The topological polar surface area (TPSA) is 30.2 Å². The number of ketones is 1. The molecule has 1 aromatic rings. The van der Waals surface area contributed by atoms with E-state index in [0.29, 0.717) is 5.76 Å². The Morgan fingerprint density at radius 2 is 2.27 bits per heavy atom. The molecule has 0 atom stereocenters. The average molecular weight is 150 g/mol. The Labute approximate surface area is 65.2 Å². The zero-order chi connectivity index (χ0) is 8.06. The highest BCUT2D eigenvalue weighted by atomic mass is 16.3. The molecular formula is C9H10O2. The SMILES string of the molecule is CC1(C)Cc2ccoc2C1=O. The Balaban J connectivity index is 2.54. The first kappa shape index (κ1) is 6.65. The van der Waals surface area contributed by atoms with Crippen LogP contribution in [-0.2, 0) is 6.42 Å². The fraction of sp³-hybridized carbons (Fsp3) is 0.444. The average Bonchev–Trinajstić information content (AvgIpc) is 2.39. The van der Waals surface area contributed by atoms with E-state index < -0.39 is 0 Å². The van der Waals surface area contributed by atoms with E-state index in [9.17, 15) is 4.79 Å². The van der Waals surface area contributed by atoms with E-state index >= 15 is 0 Å². The summed E-state index contributed by atoms with van der Waals surface area (Å²) in [5.74, 6) is 0.701. The summed E-state index contributed by atoms with van der Waals surface area (Å²) >= 11 is 0. The van der Waals surface area contributed by atoms with E-state index in [1.165, 1.54) is 0 Å². The van der Waals surface area contributed by atoms with Gasteiger partial charge in [0.25, 0.3) is 0 Å². The van der Waals surface area contributed by atoms with Crippen LogP contribution in [0.5, 0.6) is 0 Å². The van der Waals surface area contributed by atoms with Gasteiger partial charge in [-0.05, 0) is 12.5 Å². The Morgan fingerprint density at radius 1 is 1.55 bits per heavy atom. The van der Waals surface area contributed by atoms with Crippen LogP contribution in [0.3, 0.4) is 0 Å². The van der Waals surface area contributed by atoms with Crippen molar-refractivity contribution in [1.82, 2.24) is 0 Å². The molecule has 0 unspecified atom stereocenters. The first-order chi connectivity index (χ1) is 5.11. The molecule has 0 fully saturated rings. The second-order valence-electron chi connectivity index (χ2n) is 3.66. The van der Waals surface area contributed by atoms with E-state index in [-0.39, 0.29) is 11.2 Å². The van der Waals surface area contributed by atoms with Crippen LogP contribution in [-0.4, -0.2) is 5.78 Å². The lowest BCUT2D eigenvalue weighted by Crippen LogP contribution is -2.19. The summed E-state index contributed by atoms with van der Waals surface area (Å²) in [5, 5.41) is 0. The second kappa shape index (κ2) is 1.76. The van der Waals surface area contributed by atoms with Gasteiger partial charge in [0.1, 0.15) is 0 Å². The van der Waals surface area contributed by atoms with Crippen LogP contribution in [0.25, 0.3) is 0 Å². The van der Waals surface area contributed by atoms with E-state index in [2.05, 4.69) is 0 Å². The van der Waals surface area contributed by atoms with Gasteiger partial charge in [-0.1, -0.05) is 13.8 Å². The maximum atomic E-state index is 11.5. The molecule has 1 aliphatic carbocycles. The van der Waals surface area contributed by atoms with E-state index in [1.54, 1.807) is 6.26 Å². The number of hydrogen-bond donors (Lipinski definition) is 0. The van der Waals surface area contributed by atoms with Gasteiger partial charge in [0.15, 0.2) is 5.76 Å². The lowest BCUT2D eigenvalue weighted by atomic mass is 9.89. The van der Waals surface area contributed by atoms with Crippen molar-refractivity contribution in [3.8, 4) is 0 Å². The molecule has 1 heterocycles. The molecule has 0 aromatic carbocycles. The molecule has 11 heavy (non-hydrogen) atoms. The molecule has 58 valence electrons. The first-order valence-electron chi connectivity index (χ1n) is 3.72. The predicted molar refractivity (Wildman–Crippen MR) is 40.5 cm³/mol. The minimum absolute atomic E-state index is 0.137. The summed E-state index contributed by atoms with van der Waals surface area (Å²) in [7, 11) is 0. The third-order valence-corrected chi connectivity index (χ3v) is 2.20. The van der Waals surface area contributed by atoms with Crippen molar-refractivity contribution in [1.29, 1.82) is 0 Å².